The Bertz CT molecular complexity index is 1590. The summed E-state index contributed by atoms with van der Waals surface area (Å²) in [5.41, 5.74) is 4.67. The van der Waals surface area contributed by atoms with Crippen LogP contribution in [0.3, 0.4) is 0 Å². The fourth-order valence-electron chi connectivity index (χ4n) is 5.94. The number of aliphatic hydroxyl groups excluding tert-OH is 7. The third-order valence-electron chi connectivity index (χ3n) is 8.71. The van der Waals surface area contributed by atoms with Crippen LogP contribution in [0, 0.1) is 0 Å². The molecule has 2 amide bonds. The fraction of sp³-hybridized carbons (Fsp3) is 0.514. The maximum absolute atomic E-state index is 13.8. The first-order valence-electron chi connectivity index (χ1n) is 16.8. The average Bonchev–Trinajstić information content (AvgIpc) is 3.49. The number of aliphatic hydroxyl groups is 7. The number of allylic oxidation sites excluding steroid dienone is 12. The molecule has 4 heterocycles. The Hall–Kier alpha value is -3.27. The van der Waals surface area contributed by atoms with Crippen molar-refractivity contribution in [2.75, 3.05) is 13.2 Å². The summed E-state index contributed by atoms with van der Waals surface area (Å²) in [7, 11) is 0. The summed E-state index contributed by atoms with van der Waals surface area (Å²) >= 11 is 11.7. The lowest BCUT2D eigenvalue weighted by Crippen LogP contribution is -2.65. The van der Waals surface area contributed by atoms with Crippen molar-refractivity contribution in [2.24, 2.45) is 5.73 Å². The Balaban J connectivity index is 1.50. The first-order valence-corrected chi connectivity index (χ1v) is 17.5. The first-order chi connectivity index (χ1) is 25.5. The van der Waals surface area contributed by atoms with Crippen molar-refractivity contribution in [1.82, 2.24) is 4.90 Å². The van der Waals surface area contributed by atoms with Crippen molar-refractivity contribution in [3.8, 4) is 0 Å². The number of hydrogen-bond acceptors (Lipinski definition) is 15. The number of nitrogens with two attached hydrogens (primary N) is 1. The second-order valence-corrected chi connectivity index (χ2v) is 13.8. The molecule has 4 fully saturated rings. The number of ether oxygens (including phenoxy) is 5. The zero-order valence-electron chi connectivity index (χ0n) is 29.1. The van der Waals surface area contributed by atoms with E-state index in [4.69, 9.17) is 52.6 Å². The summed E-state index contributed by atoms with van der Waals surface area (Å²) in [6.45, 7) is 2.15. The maximum Gasteiger partial charge on any atom is 0.264 e. The highest BCUT2D eigenvalue weighted by Gasteiger charge is 2.56. The summed E-state index contributed by atoms with van der Waals surface area (Å²) in [6, 6.07) is -1.63. The Morgan fingerprint density at radius 3 is 2.11 bits per heavy atom. The van der Waals surface area contributed by atoms with Crippen molar-refractivity contribution in [2.45, 2.75) is 100 Å². The number of ketones is 1. The summed E-state index contributed by atoms with van der Waals surface area (Å²) in [5, 5.41) is 75.0. The van der Waals surface area contributed by atoms with E-state index in [1.165, 1.54) is 19.1 Å². The highest BCUT2D eigenvalue weighted by atomic mass is 35.5. The van der Waals surface area contributed by atoms with Gasteiger partial charge in [0.2, 0.25) is 5.91 Å². The number of primary amides is 1. The highest BCUT2D eigenvalue weighted by Crippen LogP contribution is 2.35. The molecule has 0 aromatic rings. The molecule has 0 aromatic carbocycles. The first kappa shape index (κ1) is 43.5. The van der Waals surface area contributed by atoms with Crippen LogP contribution in [0.2, 0.25) is 0 Å². The van der Waals surface area contributed by atoms with Crippen LogP contribution in [-0.4, -0.2) is 151 Å². The van der Waals surface area contributed by atoms with Gasteiger partial charge in [-0.05, 0) is 32.1 Å². The number of halogens is 2. The molecule has 0 spiro atoms. The lowest BCUT2D eigenvalue weighted by atomic mass is 10.0. The molecule has 0 radical (unpaired) electrons. The number of likely N-dealkylation sites (tertiary alicyclic amines) is 1. The van der Waals surface area contributed by atoms with Crippen LogP contribution < -0.4 is 5.73 Å². The molecule has 19 heteroatoms. The molecule has 9 N–H and O–H groups in total. The van der Waals surface area contributed by atoms with Crippen LogP contribution in [0.15, 0.2) is 82.2 Å². The minimum atomic E-state index is -1.89. The molecule has 4 rings (SSSR count). The zero-order chi connectivity index (χ0) is 39.9. The van der Waals surface area contributed by atoms with Crippen LogP contribution in [0.1, 0.15) is 20.3 Å². The van der Waals surface area contributed by atoms with Gasteiger partial charge in [-0.15, -0.1) is 0 Å². The zero-order valence-corrected chi connectivity index (χ0v) is 30.6. The monoisotopic (exact) mass is 802 g/mol. The summed E-state index contributed by atoms with van der Waals surface area (Å²) < 4.78 is 27.9. The number of hydrogen-bond donors (Lipinski definition) is 8. The minimum Gasteiger partial charge on any atom is -0.507 e. The van der Waals surface area contributed by atoms with Crippen molar-refractivity contribution in [1.29, 1.82) is 0 Å². The number of amides is 2. The second kappa shape index (κ2) is 19.5. The molecule has 0 aliphatic carbocycles. The van der Waals surface area contributed by atoms with Crippen molar-refractivity contribution < 1.29 is 73.8 Å². The van der Waals surface area contributed by atoms with Gasteiger partial charge in [-0.25, -0.2) is 0 Å². The van der Waals surface area contributed by atoms with Crippen LogP contribution in [0.25, 0.3) is 0 Å². The topological polar surface area (TPSA) is 268 Å². The van der Waals surface area contributed by atoms with E-state index in [9.17, 15) is 50.1 Å². The molecule has 1 unspecified atom stereocenters. The van der Waals surface area contributed by atoms with Gasteiger partial charge in [0.05, 0.1) is 25.7 Å². The predicted octanol–water partition coefficient (Wildman–Crippen LogP) is -0.663. The lowest BCUT2D eigenvalue weighted by molar-refractivity contribution is -0.338. The van der Waals surface area contributed by atoms with Gasteiger partial charge in [0.1, 0.15) is 66.2 Å². The Morgan fingerprint density at radius 2 is 1.50 bits per heavy atom. The smallest absolute Gasteiger partial charge is 0.264 e. The maximum atomic E-state index is 13.8. The number of rotatable bonds is 13. The highest BCUT2D eigenvalue weighted by molar-refractivity contribution is 6.34. The number of carbonyl (C=O) groups excluding carboxylic acids is 3. The van der Waals surface area contributed by atoms with Gasteiger partial charge < -0.3 is 65.2 Å². The van der Waals surface area contributed by atoms with E-state index in [1.807, 2.05) is 0 Å². The van der Waals surface area contributed by atoms with Gasteiger partial charge in [-0.1, -0.05) is 65.7 Å². The molecule has 13 atom stereocenters. The van der Waals surface area contributed by atoms with Gasteiger partial charge in [0, 0.05) is 10.1 Å². The molecule has 298 valence electrons. The molecule has 0 bridgehead atoms. The summed E-state index contributed by atoms with van der Waals surface area (Å²) in [4.78, 5) is 40.1. The Kier molecular flexibility index (Phi) is 15.7. The average molecular weight is 804 g/mol. The van der Waals surface area contributed by atoms with E-state index in [2.05, 4.69) is 0 Å². The van der Waals surface area contributed by atoms with Crippen molar-refractivity contribution in [3.05, 3.63) is 82.2 Å². The summed E-state index contributed by atoms with van der Waals surface area (Å²) in [6.07, 6.45) is -3.79. The molecule has 4 aliphatic rings. The van der Waals surface area contributed by atoms with E-state index >= 15 is 0 Å². The predicted molar refractivity (Wildman–Crippen MR) is 189 cm³/mol. The number of carbonyl (C=O) groups is 3. The van der Waals surface area contributed by atoms with Crippen LogP contribution in [0.4, 0.5) is 0 Å². The SMILES string of the molecule is CC(Cl)=CC(Cl)=CC=CC=CC=CC=CC(O)=C1C(=O)[C@H](CC(N)=O)N(C2OC[C@@H](O)[C@@H](O)[C@@H]2O[C@@H]2OC[C@@H](O[C@@H]3O[C@H](C)[C@H](O)[C@@H]3O)[C@@H](O)[C@@H]2O)C1=O. The Labute approximate surface area is 320 Å². The largest absolute Gasteiger partial charge is 0.507 e. The standard InChI is InChI=1S/C35H44Cl2N2O15/c1-16(36)12-18(37)10-8-6-4-3-5-7-9-11-20(40)24-26(44)19(13-23(38)42)39(32(24)49)33-31(27(45)21(41)14-50-33)54-34-30(48)28(46)22(15-51-34)53-35-29(47)25(43)17(2)52-35/h3-12,17,19,21-22,25,27-31,33-35,40-41,43,45-48H,13-15H2,1-2H3,(H2,38,42)/t17-,19+,21-,22-,25+,27-,28-,29+,30+,31+,33?,34+,35+/m1/s1. The number of Topliss-reactive ketones (excluding diaryl/α,β-unsaturated/α-hetero) is 1. The van der Waals surface area contributed by atoms with Crippen LogP contribution >= 0.6 is 23.2 Å². The fourth-order valence-corrected chi connectivity index (χ4v) is 6.35. The molecule has 17 nitrogen and oxygen atoms in total. The van der Waals surface area contributed by atoms with Crippen LogP contribution in [0.5, 0.6) is 0 Å². The van der Waals surface area contributed by atoms with Crippen molar-refractivity contribution in [3.63, 3.8) is 0 Å². The molecule has 0 aromatic heterocycles. The van der Waals surface area contributed by atoms with Crippen molar-refractivity contribution >= 4 is 40.8 Å². The molecule has 4 saturated heterocycles. The third kappa shape index (κ3) is 10.5. The van der Waals surface area contributed by atoms with Gasteiger partial charge in [0.15, 0.2) is 24.6 Å². The van der Waals surface area contributed by atoms with Gasteiger partial charge in [-0.3, -0.25) is 19.3 Å². The van der Waals surface area contributed by atoms with Gasteiger partial charge in [0.25, 0.3) is 5.91 Å². The van der Waals surface area contributed by atoms with E-state index < -0.39 is 128 Å². The molecular weight excluding hydrogens is 759 g/mol. The molecular formula is C35H44Cl2N2O15. The molecule has 4 aliphatic heterocycles. The van der Waals surface area contributed by atoms with E-state index in [1.54, 1.807) is 49.5 Å². The second-order valence-electron chi connectivity index (χ2n) is 12.8. The van der Waals surface area contributed by atoms with E-state index in [-0.39, 0.29) is 0 Å². The summed E-state index contributed by atoms with van der Waals surface area (Å²) in [5.74, 6) is -3.88. The van der Waals surface area contributed by atoms with Gasteiger partial charge >= 0.3 is 0 Å². The molecule has 0 saturated carbocycles. The molecule has 54 heavy (non-hydrogen) atoms. The minimum absolute atomic E-state index is 0.431. The van der Waals surface area contributed by atoms with Gasteiger partial charge in [-0.2, -0.15) is 0 Å². The third-order valence-corrected chi connectivity index (χ3v) is 9.06. The van der Waals surface area contributed by atoms with E-state index in [0.717, 1.165) is 11.0 Å². The lowest BCUT2D eigenvalue weighted by Gasteiger charge is -2.46. The normalized spacial score (nSPS) is 38.3. The van der Waals surface area contributed by atoms with Crippen LogP contribution in [-0.2, 0) is 38.1 Å². The number of nitrogens with zero attached hydrogens (tertiary/aromatic N) is 1. The Morgan fingerprint density at radius 1 is 0.870 bits per heavy atom. The quantitative estimate of drug-likeness (QED) is 0.0497. The van der Waals surface area contributed by atoms with E-state index in [0.29, 0.717) is 10.1 Å².